The largest absolute Gasteiger partial charge is 0.460 e. The lowest BCUT2D eigenvalue weighted by Crippen LogP contribution is -2.10. The summed E-state index contributed by atoms with van der Waals surface area (Å²) < 4.78 is 6.01. The molecule has 0 unspecified atom stereocenters. The van der Waals surface area contributed by atoms with Crippen molar-refractivity contribution < 1.29 is 9.21 Å². The summed E-state index contributed by atoms with van der Waals surface area (Å²) in [6.07, 6.45) is 5.75. The van der Waals surface area contributed by atoms with E-state index in [0.717, 1.165) is 24.2 Å². The van der Waals surface area contributed by atoms with Crippen LogP contribution in [0.4, 0.5) is 0 Å². The molecule has 21 heavy (non-hydrogen) atoms. The summed E-state index contributed by atoms with van der Waals surface area (Å²) >= 11 is 0. The Balaban J connectivity index is 2.22. The van der Waals surface area contributed by atoms with E-state index in [0.29, 0.717) is 22.5 Å². The van der Waals surface area contributed by atoms with Crippen molar-refractivity contribution >= 4 is 16.8 Å². The number of rotatable bonds is 2. The van der Waals surface area contributed by atoms with Crippen LogP contribution in [-0.2, 0) is 0 Å². The standard InChI is InChI=1S/C18H20O3/c1-11-8-14(12(2)19)18-15(9-11)16(20)10-17(21-18)13-6-4-3-5-7-13/h8-10,13H,3-7H2,1-2H3. The van der Waals surface area contributed by atoms with Crippen molar-refractivity contribution in [2.75, 3.05) is 0 Å². The molecule has 3 rings (SSSR count). The Bertz CT molecular complexity index is 749. The molecule has 0 atom stereocenters. The molecular formula is C18H20O3. The van der Waals surface area contributed by atoms with Crippen LogP contribution in [0.25, 0.3) is 11.0 Å². The van der Waals surface area contributed by atoms with Crippen LogP contribution in [0.1, 0.15) is 66.6 Å². The van der Waals surface area contributed by atoms with Gasteiger partial charge in [-0.3, -0.25) is 9.59 Å². The van der Waals surface area contributed by atoms with Gasteiger partial charge in [0.05, 0.1) is 10.9 Å². The predicted octanol–water partition coefficient (Wildman–Crippen LogP) is 4.35. The topological polar surface area (TPSA) is 47.3 Å². The first-order valence-electron chi connectivity index (χ1n) is 7.65. The minimum absolute atomic E-state index is 0.0389. The van der Waals surface area contributed by atoms with Crippen molar-refractivity contribution in [1.29, 1.82) is 0 Å². The van der Waals surface area contributed by atoms with E-state index in [1.54, 1.807) is 18.2 Å². The van der Waals surface area contributed by atoms with Gasteiger partial charge in [-0.2, -0.15) is 0 Å². The van der Waals surface area contributed by atoms with Crippen LogP contribution >= 0.6 is 0 Å². The first-order chi connectivity index (χ1) is 10.1. The van der Waals surface area contributed by atoms with Gasteiger partial charge in [0.1, 0.15) is 11.3 Å². The quantitative estimate of drug-likeness (QED) is 0.770. The molecule has 0 bridgehead atoms. The zero-order chi connectivity index (χ0) is 15.0. The fraction of sp³-hybridized carbons (Fsp3) is 0.444. The first kappa shape index (κ1) is 14.1. The summed E-state index contributed by atoms with van der Waals surface area (Å²) in [6, 6.07) is 5.23. The summed E-state index contributed by atoms with van der Waals surface area (Å²) in [5.41, 5.74) is 1.84. The fourth-order valence-electron chi connectivity index (χ4n) is 3.27. The Hall–Kier alpha value is -1.90. The van der Waals surface area contributed by atoms with Gasteiger partial charge in [0.25, 0.3) is 0 Å². The summed E-state index contributed by atoms with van der Waals surface area (Å²) in [7, 11) is 0. The van der Waals surface area contributed by atoms with Gasteiger partial charge in [0, 0.05) is 12.0 Å². The zero-order valence-corrected chi connectivity index (χ0v) is 12.6. The number of ketones is 1. The average Bonchev–Trinajstić information content (AvgIpc) is 2.48. The van der Waals surface area contributed by atoms with Crippen molar-refractivity contribution in [1.82, 2.24) is 0 Å². The second-order valence-corrected chi connectivity index (χ2v) is 6.09. The molecule has 1 aromatic heterocycles. The zero-order valence-electron chi connectivity index (χ0n) is 12.6. The van der Waals surface area contributed by atoms with Crippen LogP contribution in [0.15, 0.2) is 27.4 Å². The summed E-state index contributed by atoms with van der Waals surface area (Å²) in [6.45, 7) is 3.40. The highest BCUT2D eigenvalue weighted by Gasteiger charge is 2.20. The molecular weight excluding hydrogens is 264 g/mol. The van der Waals surface area contributed by atoms with E-state index in [2.05, 4.69) is 0 Å². The molecule has 0 radical (unpaired) electrons. The van der Waals surface area contributed by atoms with Gasteiger partial charge in [-0.05, 0) is 44.4 Å². The Labute approximate surface area is 124 Å². The molecule has 0 amide bonds. The Kier molecular flexibility index (Phi) is 3.66. The summed E-state index contributed by atoms with van der Waals surface area (Å²) in [5.74, 6) is 1.00. The van der Waals surface area contributed by atoms with Crippen molar-refractivity contribution in [2.24, 2.45) is 0 Å². The number of aryl methyl sites for hydroxylation is 1. The second-order valence-electron chi connectivity index (χ2n) is 6.09. The molecule has 0 aliphatic heterocycles. The highest BCUT2D eigenvalue weighted by Crippen LogP contribution is 2.33. The van der Waals surface area contributed by atoms with Gasteiger partial charge < -0.3 is 4.42 Å². The maximum Gasteiger partial charge on any atom is 0.192 e. The lowest BCUT2D eigenvalue weighted by molar-refractivity contribution is 0.101. The van der Waals surface area contributed by atoms with Gasteiger partial charge in [-0.15, -0.1) is 0 Å². The van der Waals surface area contributed by atoms with Crippen LogP contribution in [0.2, 0.25) is 0 Å². The van der Waals surface area contributed by atoms with Crippen molar-refractivity contribution in [3.63, 3.8) is 0 Å². The maximum atomic E-state index is 12.4. The van der Waals surface area contributed by atoms with Crippen LogP contribution in [0.3, 0.4) is 0 Å². The fourth-order valence-corrected chi connectivity index (χ4v) is 3.27. The number of benzene rings is 1. The number of hydrogen-bond acceptors (Lipinski definition) is 3. The normalized spacial score (nSPS) is 16.3. The van der Waals surface area contributed by atoms with E-state index in [1.807, 2.05) is 6.92 Å². The Morgan fingerprint density at radius 3 is 2.52 bits per heavy atom. The molecule has 0 saturated heterocycles. The number of Topliss-reactive ketones (excluding diaryl/α,β-unsaturated/α-hetero) is 1. The number of fused-ring (bicyclic) bond motifs is 1. The summed E-state index contributed by atoms with van der Waals surface area (Å²) in [4.78, 5) is 24.2. The van der Waals surface area contributed by atoms with Crippen LogP contribution < -0.4 is 5.43 Å². The van der Waals surface area contributed by atoms with Gasteiger partial charge in [0.15, 0.2) is 11.2 Å². The lowest BCUT2D eigenvalue weighted by Gasteiger charge is -2.21. The molecule has 1 aliphatic carbocycles. The predicted molar refractivity (Wildman–Crippen MR) is 83.1 cm³/mol. The van der Waals surface area contributed by atoms with Gasteiger partial charge in [-0.25, -0.2) is 0 Å². The van der Waals surface area contributed by atoms with E-state index < -0.39 is 0 Å². The molecule has 0 spiro atoms. The molecule has 1 heterocycles. The van der Waals surface area contributed by atoms with Gasteiger partial charge in [0.2, 0.25) is 0 Å². The van der Waals surface area contributed by atoms with Gasteiger partial charge in [-0.1, -0.05) is 19.3 Å². The second kappa shape index (κ2) is 5.47. The smallest absolute Gasteiger partial charge is 0.192 e. The number of hydrogen-bond donors (Lipinski definition) is 0. The molecule has 3 nitrogen and oxygen atoms in total. The minimum atomic E-state index is -0.0624. The SMILES string of the molecule is CC(=O)c1cc(C)cc2c(=O)cc(C3CCCCC3)oc12. The van der Waals surface area contributed by atoms with Crippen LogP contribution in [-0.4, -0.2) is 5.78 Å². The highest BCUT2D eigenvalue weighted by molar-refractivity contribution is 6.04. The third kappa shape index (κ3) is 2.65. The molecule has 1 aliphatic rings. The first-order valence-corrected chi connectivity index (χ1v) is 7.65. The highest BCUT2D eigenvalue weighted by atomic mass is 16.3. The average molecular weight is 284 g/mol. The van der Waals surface area contributed by atoms with Crippen molar-refractivity contribution in [2.45, 2.75) is 51.9 Å². The van der Waals surface area contributed by atoms with Crippen LogP contribution in [0.5, 0.6) is 0 Å². The molecule has 3 heteroatoms. The minimum Gasteiger partial charge on any atom is -0.460 e. The third-order valence-corrected chi connectivity index (χ3v) is 4.38. The van der Waals surface area contributed by atoms with Crippen LogP contribution in [0, 0.1) is 6.92 Å². The number of carbonyl (C=O) groups is 1. The molecule has 110 valence electrons. The Morgan fingerprint density at radius 1 is 1.14 bits per heavy atom. The van der Waals surface area contributed by atoms with E-state index >= 15 is 0 Å². The van der Waals surface area contributed by atoms with E-state index in [4.69, 9.17) is 4.42 Å². The summed E-state index contributed by atoms with van der Waals surface area (Å²) in [5, 5.41) is 0.514. The third-order valence-electron chi connectivity index (χ3n) is 4.38. The van der Waals surface area contributed by atoms with Gasteiger partial charge >= 0.3 is 0 Å². The maximum absolute atomic E-state index is 12.4. The Morgan fingerprint density at radius 2 is 1.86 bits per heavy atom. The van der Waals surface area contributed by atoms with E-state index in [9.17, 15) is 9.59 Å². The molecule has 1 aromatic carbocycles. The van der Waals surface area contributed by atoms with Crippen molar-refractivity contribution in [3.05, 3.63) is 45.3 Å². The van der Waals surface area contributed by atoms with E-state index in [1.165, 1.54) is 26.2 Å². The molecule has 2 aromatic rings. The number of carbonyl (C=O) groups excluding carboxylic acids is 1. The molecule has 1 saturated carbocycles. The molecule has 1 fully saturated rings. The van der Waals surface area contributed by atoms with E-state index in [-0.39, 0.29) is 11.2 Å². The molecule has 0 N–H and O–H groups in total. The monoisotopic (exact) mass is 284 g/mol. The van der Waals surface area contributed by atoms with Crippen molar-refractivity contribution in [3.8, 4) is 0 Å². The lowest BCUT2D eigenvalue weighted by atomic mass is 9.87.